The van der Waals surface area contributed by atoms with Gasteiger partial charge in [0.15, 0.2) is 0 Å². The van der Waals surface area contributed by atoms with Crippen LogP contribution in [0.15, 0.2) is 24.4 Å². The van der Waals surface area contributed by atoms with Crippen molar-refractivity contribution in [2.24, 2.45) is 5.92 Å². The molecule has 0 aliphatic carbocycles. The van der Waals surface area contributed by atoms with E-state index in [0.717, 1.165) is 25.1 Å². The summed E-state index contributed by atoms with van der Waals surface area (Å²) in [6.45, 7) is 3.73. The Labute approximate surface area is 108 Å². The van der Waals surface area contributed by atoms with Crippen LogP contribution in [0.2, 0.25) is 0 Å². The second-order valence-corrected chi connectivity index (χ2v) is 4.91. The van der Waals surface area contributed by atoms with E-state index in [1.54, 1.807) is 6.20 Å². The Balaban J connectivity index is 1.74. The van der Waals surface area contributed by atoms with Gasteiger partial charge in [-0.15, -0.1) is 0 Å². The van der Waals surface area contributed by atoms with Crippen LogP contribution in [0, 0.1) is 5.92 Å². The lowest BCUT2D eigenvalue weighted by atomic mass is 9.92. The van der Waals surface area contributed by atoms with Gasteiger partial charge in [0, 0.05) is 24.9 Å². The first-order valence-electron chi connectivity index (χ1n) is 6.68. The maximum atomic E-state index is 12.0. The smallest absolute Gasteiger partial charge is 0.237 e. The van der Waals surface area contributed by atoms with Crippen molar-refractivity contribution in [2.75, 3.05) is 13.1 Å². The van der Waals surface area contributed by atoms with E-state index in [2.05, 4.69) is 22.5 Å². The minimum Gasteiger partial charge on any atom is -0.354 e. The Hall–Kier alpha value is -1.42. The van der Waals surface area contributed by atoms with Gasteiger partial charge >= 0.3 is 0 Å². The number of hydrogen-bond acceptors (Lipinski definition) is 3. The summed E-state index contributed by atoms with van der Waals surface area (Å²) in [5.74, 6) is 0.548. The third-order valence-electron chi connectivity index (χ3n) is 3.46. The number of hydrogen-bond donors (Lipinski definition) is 2. The Morgan fingerprint density at radius 2 is 2.44 bits per heavy atom. The van der Waals surface area contributed by atoms with E-state index in [-0.39, 0.29) is 11.9 Å². The van der Waals surface area contributed by atoms with Gasteiger partial charge in [-0.3, -0.25) is 9.78 Å². The lowest BCUT2D eigenvalue weighted by Gasteiger charge is -2.28. The first-order valence-corrected chi connectivity index (χ1v) is 6.68. The van der Waals surface area contributed by atoms with E-state index in [9.17, 15) is 4.79 Å². The van der Waals surface area contributed by atoms with Crippen LogP contribution in [0.4, 0.5) is 0 Å². The largest absolute Gasteiger partial charge is 0.354 e. The highest BCUT2D eigenvalue weighted by molar-refractivity contribution is 5.82. The minimum atomic E-state index is -0.0255. The van der Waals surface area contributed by atoms with E-state index in [4.69, 9.17) is 0 Å². The molecule has 2 atom stereocenters. The van der Waals surface area contributed by atoms with Gasteiger partial charge in [-0.1, -0.05) is 13.0 Å². The number of piperidine rings is 1. The van der Waals surface area contributed by atoms with Crippen molar-refractivity contribution in [1.29, 1.82) is 0 Å². The van der Waals surface area contributed by atoms with Crippen LogP contribution in [0.5, 0.6) is 0 Å². The van der Waals surface area contributed by atoms with Crippen LogP contribution < -0.4 is 10.6 Å². The number of nitrogens with one attached hydrogen (secondary N) is 2. The zero-order valence-corrected chi connectivity index (χ0v) is 10.9. The summed E-state index contributed by atoms with van der Waals surface area (Å²) >= 11 is 0. The van der Waals surface area contributed by atoms with Crippen LogP contribution in [0.3, 0.4) is 0 Å². The summed E-state index contributed by atoms with van der Waals surface area (Å²) in [6, 6.07) is 5.82. The van der Waals surface area contributed by atoms with Gasteiger partial charge in [0.25, 0.3) is 0 Å². The monoisotopic (exact) mass is 247 g/mol. The lowest BCUT2D eigenvalue weighted by molar-refractivity contribution is -0.124. The molecule has 0 radical (unpaired) electrons. The zero-order valence-electron chi connectivity index (χ0n) is 10.9. The van der Waals surface area contributed by atoms with E-state index in [1.165, 1.54) is 6.42 Å². The number of aromatic nitrogens is 1. The molecule has 0 aromatic carbocycles. The Bertz CT molecular complexity index is 380. The van der Waals surface area contributed by atoms with E-state index >= 15 is 0 Å². The molecule has 0 saturated carbocycles. The maximum Gasteiger partial charge on any atom is 0.237 e. The minimum absolute atomic E-state index is 0.0255. The average Bonchev–Trinajstić information content (AvgIpc) is 2.40. The maximum absolute atomic E-state index is 12.0. The molecule has 1 aromatic heterocycles. The molecule has 2 rings (SSSR count). The first-order chi connectivity index (χ1) is 8.77. The molecule has 1 aliphatic rings. The van der Waals surface area contributed by atoms with Crippen molar-refractivity contribution in [3.63, 3.8) is 0 Å². The highest BCUT2D eigenvalue weighted by Gasteiger charge is 2.26. The van der Waals surface area contributed by atoms with Crippen molar-refractivity contribution in [3.05, 3.63) is 30.1 Å². The normalized spacial score (nSPS) is 23.6. The van der Waals surface area contributed by atoms with Gasteiger partial charge in [0.05, 0.1) is 6.04 Å². The van der Waals surface area contributed by atoms with Gasteiger partial charge in [0.2, 0.25) is 5.91 Å². The highest BCUT2D eigenvalue weighted by atomic mass is 16.2. The Kier molecular flexibility index (Phi) is 4.70. The van der Waals surface area contributed by atoms with Crippen molar-refractivity contribution in [1.82, 2.24) is 15.6 Å². The molecule has 4 nitrogen and oxygen atoms in total. The van der Waals surface area contributed by atoms with Crippen LogP contribution in [0.25, 0.3) is 0 Å². The molecule has 18 heavy (non-hydrogen) atoms. The molecule has 1 aromatic rings. The molecule has 1 aliphatic heterocycles. The fourth-order valence-electron chi connectivity index (χ4n) is 2.37. The number of carbonyl (C=O) groups excluding carboxylic acids is 1. The van der Waals surface area contributed by atoms with E-state index in [1.807, 2.05) is 18.2 Å². The van der Waals surface area contributed by atoms with Crippen molar-refractivity contribution >= 4 is 5.91 Å². The first kappa shape index (κ1) is 13.0. The second-order valence-electron chi connectivity index (χ2n) is 4.91. The van der Waals surface area contributed by atoms with E-state index < -0.39 is 0 Å². The lowest BCUT2D eigenvalue weighted by Crippen LogP contribution is -2.51. The highest BCUT2D eigenvalue weighted by Crippen LogP contribution is 2.15. The summed E-state index contributed by atoms with van der Waals surface area (Å²) in [7, 11) is 0. The molecule has 1 saturated heterocycles. The van der Waals surface area contributed by atoms with Gasteiger partial charge in [-0.25, -0.2) is 0 Å². The summed E-state index contributed by atoms with van der Waals surface area (Å²) < 4.78 is 0. The molecule has 0 spiro atoms. The zero-order chi connectivity index (χ0) is 12.8. The molecular formula is C14H21N3O. The number of rotatable bonds is 4. The summed E-state index contributed by atoms with van der Waals surface area (Å²) in [5.41, 5.74) is 1.02. The number of carbonyl (C=O) groups is 1. The van der Waals surface area contributed by atoms with Crippen molar-refractivity contribution in [2.45, 2.75) is 32.2 Å². The fraction of sp³-hybridized carbons (Fsp3) is 0.571. The summed E-state index contributed by atoms with van der Waals surface area (Å²) in [6.07, 6.45) is 4.86. The predicted octanol–water partition coefficient (Wildman–Crippen LogP) is 1.13. The molecule has 4 heteroatoms. The third kappa shape index (κ3) is 3.53. The Morgan fingerprint density at radius 1 is 1.56 bits per heavy atom. The summed E-state index contributed by atoms with van der Waals surface area (Å²) in [4.78, 5) is 16.2. The average molecular weight is 247 g/mol. The molecule has 1 amide bonds. The van der Waals surface area contributed by atoms with Crippen LogP contribution in [0.1, 0.15) is 25.5 Å². The fourth-order valence-corrected chi connectivity index (χ4v) is 2.37. The second kappa shape index (κ2) is 6.50. The van der Waals surface area contributed by atoms with E-state index in [0.29, 0.717) is 12.5 Å². The molecular weight excluding hydrogens is 226 g/mol. The molecule has 0 bridgehead atoms. The van der Waals surface area contributed by atoms with Crippen molar-refractivity contribution < 1.29 is 4.79 Å². The molecule has 2 N–H and O–H groups in total. The molecule has 98 valence electrons. The summed E-state index contributed by atoms with van der Waals surface area (Å²) in [5, 5.41) is 6.28. The molecule has 2 heterocycles. The SMILES string of the molecule is CC1CCCNC1C(=O)NCCc1ccccn1. The molecule has 2 unspecified atom stereocenters. The standard InChI is InChI=1S/C14H21N3O/c1-11-5-4-9-16-13(11)14(18)17-10-7-12-6-2-3-8-15-12/h2-3,6,8,11,13,16H,4-5,7,9-10H2,1H3,(H,17,18). The van der Waals surface area contributed by atoms with Crippen LogP contribution in [-0.4, -0.2) is 30.0 Å². The van der Waals surface area contributed by atoms with Gasteiger partial charge in [-0.05, 0) is 37.4 Å². The Morgan fingerprint density at radius 3 is 3.17 bits per heavy atom. The van der Waals surface area contributed by atoms with Crippen molar-refractivity contribution in [3.8, 4) is 0 Å². The van der Waals surface area contributed by atoms with Gasteiger partial charge in [0.1, 0.15) is 0 Å². The number of nitrogens with zero attached hydrogens (tertiary/aromatic N) is 1. The number of amides is 1. The van der Waals surface area contributed by atoms with Crippen LogP contribution >= 0.6 is 0 Å². The third-order valence-corrected chi connectivity index (χ3v) is 3.46. The van der Waals surface area contributed by atoms with Gasteiger partial charge in [-0.2, -0.15) is 0 Å². The van der Waals surface area contributed by atoms with Crippen LogP contribution in [-0.2, 0) is 11.2 Å². The number of pyridine rings is 1. The molecule has 1 fully saturated rings. The van der Waals surface area contributed by atoms with Gasteiger partial charge < -0.3 is 10.6 Å². The topological polar surface area (TPSA) is 54.0 Å². The quantitative estimate of drug-likeness (QED) is 0.838. The predicted molar refractivity (Wildman–Crippen MR) is 71.1 cm³/mol.